The Bertz CT molecular complexity index is 141. The summed E-state index contributed by atoms with van der Waals surface area (Å²) in [5.74, 6) is 0. The SMILES string of the molecule is N#CC(CCO)[PH](=O)O. The minimum atomic E-state index is -2.76. The molecule has 0 heterocycles. The van der Waals surface area contributed by atoms with Gasteiger partial charge in [0.1, 0.15) is 5.66 Å². The summed E-state index contributed by atoms with van der Waals surface area (Å²) in [7, 11) is -2.76. The Morgan fingerprint density at radius 3 is 2.44 bits per heavy atom. The molecule has 2 unspecified atom stereocenters. The molecule has 5 heteroatoms. The molecule has 2 atom stereocenters. The molecule has 0 fully saturated rings. The molecule has 0 aliphatic rings. The molecule has 0 aromatic heterocycles. The van der Waals surface area contributed by atoms with E-state index >= 15 is 0 Å². The van der Waals surface area contributed by atoms with Crippen molar-refractivity contribution in [2.45, 2.75) is 12.1 Å². The molecule has 0 aromatic rings. The first kappa shape index (κ1) is 8.64. The molecule has 0 saturated heterocycles. The van der Waals surface area contributed by atoms with Crippen LogP contribution in [0, 0.1) is 11.3 Å². The second-order valence-corrected chi connectivity index (χ2v) is 2.91. The van der Waals surface area contributed by atoms with Crippen molar-refractivity contribution in [3.05, 3.63) is 0 Å². The van der Waals surface area contributed by atoms with Crippen molar-refractivity contribution < 1.29 is 14.6 Å². The van der Waals surface area contributed by atoms with Gasteiger partial charge in [-0.3, -0.25) is 4.57 Å². The number of aliphatic hydroxyl groups is 1. The fourth-order valence-corrected chi connectivity index (χ4v) is 0.859. The van der Waals surface area contributed by atoms with E-state index in [0.717, 1.165) is 0 Å². The summed E-state index contributed by atoms with van der Waals surface area (Å²) in [6.07, 6.45) is 0.0881. The van der Waals surface area contributed by atoms with Crippen LogP contribution in [-0.2, 0) is 4.57 Å². The van der Waals surface area contributed by atoms with Gasteiger partial charge in [-0.25, -0.2) is 0 Å². The van der Waals surface area contributed by atoms with E-state index < -0.39 is 13.7 Å². The van der Waals surface area contributed by atoms with Crippen molar-refractivity contribution in [1.29, 1.82) is 5.26 Å². The number of nitriles is 1. The van der Waals surface area contributed by atoms with Crippen molar-refractivity contribution >= 4 is 8.03 Å². The predicted molar refractivity (Wildman–Crippen MR) is 32.3 cm³/mol. The second-order valence-electron chi connectivity index (χ2n) is 1.53. The Balaban J connectivity index is 3.72. The first-order valence-corrected chi connectivity index (χ1v) is 3.89. The Morgan fingerprint density at radius 1 is 1.78 bits per heavy atom. The summed E-state index contributed by atoms with van der Waals surface area (Å²) in [5, 5.41) is 16.4. The van der Waals surface area contributed by atoms with Crippen LogP contribution < -0.4 is 0 Å². The Kier molecular flexibility index (Phi) is 4.33. The van der Waals surface area contributed by atoms with Crippen LogP contribution in [0.1, 0.15) is 6.42 Å². The van der Waals surface area contributed by atoms with Crippen molar-refractivity contribution in [2.24, 2.45) is 0 Å². The van der Waals surface area contributed by atoms with Crippen LogP contribution in [-0.4, -0.2) is 22.3 Å². The van der Waals surface area contributed by atoms with Crippen LogP contribution in [0.15, 0.2) is 0 Å². The summed E-state index contributed by atoms with van der Waals surface area (Å²) < 4.78 is 10.2. The van der Waals surface area contributed by atoms with Crippen LogP contribution in [0.3, 0.4) is 0 Å². The third-order valence-electron chi connectivity index (χ3n) is 0.872. The molecule has 0 aliphatic carbocycles. The fourth-order valence-electron chi connectivity index (χ4n) is 0.372. The van der Waals surface area contributed by atoms with Gasteiger partial charge in [0.15, 0.2) is 0 Å². The number of hydrogen-bond donors (Lipinski definition) is 2. The van der Waals surface area contributed by atoms with E-state index in [1.807, 2.05) is 0 Å². The molecular weight excluding hydrogens is 141 g/mol. The first-order chi connectivity index (χ1) is 4.22. The van der Waals surface area contributed by atoms with E-state index in [1.54, 1.807) is 6.07 Å². The maximum absolute atomic E-state index is 10.2. The molecule has 0 spiro atoms. The zero-order valence-corrected chi connectivity index (χ0v) is 5.74. The average Bonchev–Trinajstić information content (AvgIpc) is 1.82. The third kappa shape index (κ3) is 3.26. The van der Waals surface area contributed by atoms with Crippen LogP contribution in [0.25, 0.3) is 0 Å². The van der Waals surface area contributed by atoms with Crippen LogP contribution in [0.4, 0.5) is 0 Å². The number of rotatable bonds is 3. The largest absolute Gasteiger partial charge is 0.396 e. The lowest BCUT2D eigenvalue weighted by Crippen LogP contribution is -2.00. The molecule has 0 aromatic carbocycles. The van der Waals surface area contributed by atoms with Gasteiger partial charge in [-0.1, -0.05) is 0 Å². The van der Waals surface area contributed by atoms with E-state index in [2.05, 4.69) is 0 Å². The molecule has 0 saturated carbocycles. The summed E-state index contributed by atoms with van der Waals surface area (Å²) in [6.45, 7) is -0.213. The van der Waals surface area contributed by atoms with Gasteiger partial charge in [-0.2, -0.15) is 5.26 Å². The monoisotopic (exact) mass is 149 g/mol. The highest BCUT2D eigenvalue weighted by atomic mass is 31.1. The highest BCUT2D eigenvalue weighted by molar-refractivity contribution is 7.39. The minimum absolute atomic E-state index is 0.0881. The molecular formula is C4H8NO3P. The van der Waals surface area contributed by atoms with Gasteiger partial charge in [0.25, 0.3) is 0 Å². The fraction of sp³-hybridized carbons (Fsp3) is 0.750. The van der Waals surface area contributed by atoms with E-state index in [9.17, 15) is 4.57 Å². The van der Waals surface area contributed by atoms with Crippen LogP contribution >= 0.6 is 8.03 Å². The van der Waals surface area contributed by atoms with Gasteiger partial charge in [0.05, 0.1) is 6.07 Å². The van der Waals surface area contributed by atoms with Crippen molar-refractivity contribution in [2.75, 3.05) is 6.61 Å². The first-order valence-electron chi connectivity index (χ1n) is 2.45. The van der Waals surface area contributed by atoms with Crippen molar-refractivity contribution in [3.63, 3.8) is 0 Å². The molecule has 9 heavy (non-hydrogen) atoms. The van der Waals surface area contributed by atoms with Gasteiger partial charge >= 0.3 is 0 Å². The van der Waals surface area contributed by atoms with Gasteiger partial charge in [0.2, 0.25) is 8.03 Å². The summed E-state index contributed by atoms with van der Waals surface area (Å²) >= 11 is 0. The Hall–Kier alpha value is -0.360. The predicted octanol–water partition coefficient (Wildman–Crippen LogP) is -0.272. The third-order valence-corrected chi connectivity index (χ3v) is 1.89. The number of nitrogens with zero attached hydrogens (tertiary/aromatic N) is 1. The molecule has 0 aliphatic heterocycles. The molecule has 4 nitrogen and oxygen atoms in total. The maximum Gasteiger partial charge on any atom is 0.205 e. The van der Waals surface area contributed by atoms with Crippen LogP contribution in [0.5, 0.6) is 0 Å². The molecule has 0 bridgehead atoms. The second kappa shape index (κ2) is 4.51. The molecule has 2 N–H and O–H groups in total. The molecule has 52 valence electrons. The van der Waals surface area contributed by atoms with Gasteiger partial charge in [0, 0.05) is 6.61 Å². The minimum Gasteiger partial charge on any atom is -0.396 e. The van der Waals surface area contributed by atoms with Gasteiger partial charge < -0.3 is 10.00 Å². The average molecular weight is 149 g/mol. The quantitative estimate of drug-likeness (QED) is 0.541. The topological polar surface area (TPSA) is 81.3 Å². The Morgan fingerprint density at radius 2 is 2.33 bits per heavy atom. The zero-order chi connectivity index (χ0) is 7.28. The zero-order valence-electron chi connectivity index (χ0n) is 4.74. The highest BCUT2D eigenvalue weighted by Gasteiger charge is 2.11. The lowest BCUT2D eigenvalue weighted by atomic mass is 10.3. The van der Waals surface area contributed by atoms with E-state index in [4.69, 9.17) is 15.3 Å². The number of aliphatic hydroxyl groups excluding tert-OH is 1. The smallest absolute Gasteiger partial charge is 0.205 e. The summed E-state index contributed by atoms with van der Waals surface area (Å²) in [6, 6.07) is 1.63. The Labute approximate surface area is 53.6 Å². The molecule has 0 amide bonds. The standard InChI is InChI=1S/C4H8NO3P/c5-3-4(1-2-6)9(7)8/h4,6,9H,1-2H2,(H,7,8). The van der Waals surface area contributed by atoms with Gasteiger partial charge in [-0.05, 0) is 6.42 Å². The molecule has 0 radical (unpaired) electrons. The van der Waals surface area contributed by atoms with E-state index in [-0.39, 0.29) is 13.0 Å². The lowest BCUT2D eigenvalue weighted by molar-refractivity contribution is 0.289. The van der Waals surface area contributed by atoms with E-state index in [1.165, 1.54) is 0 Å². The molecule has 0 rings (SSSR count). The van der Waals surface area contributed by atoms with E-state index in [0.29, 0.717) is 0 Å². The maximum atomic E-state index is 10.2. The number of hydrogen-bond acceptors (Lipinski definition) is 3. The summed E-state index contributed by atoms with van der Waals surface area (Å²) in [5.41, 5.74) is -0.875. The van der Waals surface area contributed by atoms with Gasteiger partial charge in [-0.15, -0.1) is 0 Å². The van der Waals surface area contributed by atoms with Crippen molar-refractivity contribution in [1.82, 2.24) is 0 Å². The van der Waals surface area contributed by atoms with Crippen molar-refractivity contribution in [3.8, 4) is 6.07 Å². The van der Waals surface area contributed by atoms with Crippen LogP contribution in [0.2, 0.25) is 0 Å². The normalized spacial score (nSPS) is 16.1. The lowest BCUT2D eigenvalue weighted by Gasteiger charge is -1.98. The highest BCUT2D eigenvalue weighted by Crippen LogP contribution is 2.23. The summed E-state index contributed by atoms with van der Waals surface area (Å²) in [4.78, 5) is 8.36.